The zero-order chi connectivity index (χ0) is 23.1. The number of nitrogens with one attached hydrogen (secondary N) is 3. The second kappa shape index (κ2) is 10.2. The highest BCUT2D eigenvalue weighted by Crippen LogP contribution is 2.32. The molecule has 0 aliphatic heterocycles. The molecule has 3 N–H and O–H groups in total. The van der Waals surface area contributed by atoms with Crippen molar-refractivity contribution in [2.75, 3.05) is 17.3 Å². The third-order valence-corrected chi connectivity index (χ3v) is 4.42. The van der Waals surface area contributed by atoms with Gasteiger partial charge in [-0.15, -0.1) is 0 Å². The van der Waals surface area contributed by atoms with Crippen molar-refractivity contribution in [1.29, 1.82) is 0 Å². The summed E-state index contributed by atoms with van der Waals surface area (Å²) in [6.07, 6.45) is 1.06. The second-order valence-electron chi connectivity index (χ2n) is 6.13. The van der Waals surface area contributed by atoms with Crippen molar-refractivity contribution < 1.29 is 19.2 Å². The zero-order valence-corrected chi connectivity index (χ0v) is 17.4. The number of nitrogens with zero attached hydrogens (tertiary/aromatic N) is 3. The second-order valence-corrected chi connectivity index (χ2v) is 6.53. The maximum absolute atomic E-state index is 12.3. The lowest BCUT2D eigenvalue weighted by molar-refractivity contribution is -0.383. The fourth-order valence-corrected chi connectivity index (χ4v) is 2.89. The number of halogens is 1. The molecule has 0 radical (unpaired) electrons. The molecule has 0 saturated carbocycles. The summed E-state index contributed by atoms with van der Waals surface area (Å²) < 4.78 is 5.01. The van der Waals surface area contributed by atoms with Crippen molar-refractivity contribution in [3.8, 4) is 0 Å². The molecule has 1 heterocycles. The molecule has 2 aromatic carbocycles. The highest BCUT2D eigenvalue weighted by Gasteiger charge is 2.25. The first-order valence-corrected chi connectivity index (χ1v) is 9.63. The summed E-state index contributed by atoms with van der Waals surface area (Å²) in [4.78, 5) is 43.3. The van der Waals surface area contributed by atoms with Crippen LogP contribution in [0.3, 0.4) is 0 Å². The standard InChI is InChI=1S/C20H17ClN6O5/c1-2-32-20(29)13-8-4-6-10-15(13)24-17-16(27(30)31)18(23-11-22-17)25-26-19(28)12-7-3-5-9-14(12)21/h3-11H,2H2,1H3,(H,26,28)(H2,22,23,24,25). The van der Waals surface area contributed by atoms with Crippen molar-refractivity contribution in [3.63, 3.8) is 0 Å². The summed E-state index contributed by atoms with van der Waals surface area (Å²) in [5, 5.41) is 14.7. The van der Waals surface area contributed by atoms with E-state index in [0.29, 0.717) is 0 Å². The van der Waals surface area contributed by atoms with Crippen LogP contribution in [0, 0.1) is 10.1 Å². The normalized spacial score (nSPS) is 10.2. The molecule has 0 aliphatic carbocycles. The number of aromatic nitrogens is 2. The third kappa shape index (κ3) is 5.08. The smallest absolute Gasteiger partial charge is 0.355 e. The van der Waals surface area contributed by atoms with Gasteiger partial charge in [0.2, 0.25) is 11.6 Å². The molecule has 0 aliphatic rings. The van der Waals surface area contributed by atoms with Crippen LogP contribution in [0.5, 0.6) is 0 Å². The number of nitro groups is 1. The van der Waals surface area contributed by atoms with Gasteiger partial charge in [-0.25, -0.2) is 14.8 Å². The number of amides is 1. The summed E-state index contributed by atoms with van der Waals surface area (Å²) in [6.45, 7) is 1.83. The molecular formula is C20H17ClN6O5. The number of carbonyl (C=O) groups excluding carboxylic acids is 2. The number of benzene rings is 2. The molecular weight excluding hydrogens is 440 g/mol. The van der Waals surface area contributed by atoms with Crippen LogP contribution in [-0.2, 0) is 4.74 Å². The Bertz CT molecular complexity index is 1170. The zero-order valence-electron chi connectivity index (χ0n) is 16.7. The number of hydrogen-bond acceptors (Lipinski definition) is 9. The van der Waals surface area contributed by atoms with Gasteiger partial charge in [-0.05, 0) is 31.2 Å². The number of esters is 1. The van der Waals surface area contributed by atoms with Crippen LogP contribution in [-0.4, -0.2) is 33.4 Å². The number of para-hydroxylation sites is 1. The summed E-state index contributed by atoms with van der Waals surface area (Å²) in [7, 11) is 0. The Morgan fingerprint density at radius 3 is 2.41 bits per heavy atom. The van der Waals surface area contributed by atoms with Crippen molar-refractivity contribution in [3.05, 3.63) is 81.1 Å². The van der Waals surface area contributed by atoms with Crippen LogP contribution >= 0.6 is 11.6 Å². The van der Waals surface area contributed by atoms with Crippen molar-refractivity contribution >= 4 is 46.5 Å². The molecule has 12 heteroatoms. The average Bonchev–Trinajstić information content (AvgIpc) is 2.78. The molecule has 32 heavy (non-hydrogen) atoms. The molecule has 0 spiro atoms. The Hall–Kier alpha value is -4.25. The lowest BCUT2D eigenvalue weighted by Crippen LogP contribution is -2.30. The first kappa shape index (κ1) is 22.4. The minimum atomic E-state index is -0.723. The van der Waals surface area contributed by atoms with Gasteiger partial charge in [-0.1, -0.05) is 35.9 Å². The minimum Gasteiger partial charge on any atom is -0.462 e. The van der Waals surface area contributed by atoms with Gasteiger partial charge < -0.3 is 10.1 Å². The predicted molar refractivity (Wildman–Crippen MR) is 117 cm³/mol. The van der Waals surface area contributed by atoms with Gasteiger partial charge in [0.15, 0.2) is 0 Å². The lowest BCUT2D eigenvalue weighted by Gasteiger charge is -2.13. The summed E-state index contributed by atoms with van der Waals surface area (Å²) in [6, 6.07) is 12.6. The first-order valence-electron chi connectivity index (χ1n) is 9.25. The fourth-order valence-electron chi connectivity index (χ4n) is 2.67. The Kier molecular flexibility index (Phi) is 7.13. The number of ether oxygens (including phenoxy) is 1. The maximum atomic E-state index is 12.3. The first-order chi connectivity index (χ1) is 15.4. The minimum absolute atomic E-state index is 0.167. The summed E-state index contributed by atoms with van der Waals surface area (Å²) in [5.41, 5.74) is 4.78. The van der Waals surface area contributed by atoms with Gasteiger partial charge in [0.1, 0.15) is 6.33 Å². The van der Waals surface area contributed by atoms with E-state index in [2.05, 4.69) is 26.1 Å². The Balaban J connectivity index is 1.88. The van der Waals surface area contributed by atoms with E-state index in [1.807, 2.05) is 0 Å². The highest BCUT2D eigenvalue weighted by molar-refractivity contribution is 6.33. The van der Waals surface area contributed by atoms with Crippen LogP contribution in [0.1, 0.15) is 27.6 Å². The molecule has 0 fully saturated rings. The molecule has 11 nitrogen and oxygen atoms in total. The summed E-state index contributed by atoms with van der Waals surface area (Å²) in [5.74, 6) is -1.69. The van der Waals surface area contributed by atoms with Gasteiger partial charge in [0.05, 0.1) is 33.4 Å². The number of rotatable bonds is 8. The molecule has 0 unspecified atom stereocenters. The van der Waals surface area contributed by atoms with Crippen LogP contribution in [0.15, 0.2) is 54.9 Å². The van der Waals surface area contributed by atoms with Crippen LogP contribution < -0.4 is 16.2 Å². The Morgan fingerprint density at radius 1 is 1.06 bits per heavy atom. The summed E-state index contributed by atoms with van der Waals surface area (Å²) >= 11 is 5.99. The van der Waals surface area contributed by atoms with Crippen LogP contribution in [0.2, 0.25) is 5.02 Å². The van der Waals surface area contributed by atoms with Crippen molar-refractivity contribution in [1.82, 2.24) is 15.4 Å². The van der Waals surface area contributed by atoms with E-state index in [1.54, 1.807) is 37.3 Å². The molecule has 3 aromatic rings. The fraction of sp³-hybridized carbons (Fsp3) is 0.100. The van der Waals surface area contributed by atoms with Gasteiger partial charge in [0.25, 0.3) is 5.91 Å². The number of carbonyl (C=O) groups is 2. The van der Waals surface area contributed by atoms with Crippen molar-refractivity contribution in [2.24, 2.45) is 0 Å². The largest absolute Gasteiger partial charge is 0.462 e. The van der Waals surface area contributed by atoms with E-state index < -0.39 is 22.5 Å². The quantitative estimate of drug-likeness (QED) is 0.262. The molecule has 0 saturated heterocycles. The van der Waals surface area contributed by atoms with E-state index in [0.717, 1.165) is 6.33 Å². The molecule has 0 bridgehead atoms. The SMILES string of the molecule is CCOC(=O)c1ccccc1Nc1ncnc(NNC(=O)c2ccccc2Cl)c1[N+](=O)[O-]. The van der Waals surface area contributed by atoms with Crippen LogP contribution in [0.4, 0.5) is 23.0 Å². The van der Waals surface area contributed by atoms with Gasteiger partial charge >= 0.3 is 11.7 Å². The van der Waals surface area contributed by atoms with E-state index in [4.69, 9.17) is 16.3 Å². The molecule has 3 rings (SSSR count). The molecule has 1 amide bonds. The lowest BCUT2D eigenvalue weighted by atomic mass is 10.2. The van der Waals surface area contributed by atoms with Crippen LogP contribution in [0.25, 0.3) is 0 Å². The topological polar surface area (TPSA) is 148 Å². The third-order valence-electron chi connectivity index (χ3n) is 4.09. The monoisotopic (exact) mass is 456 g/mol. The number of hydrazine groups is 1. The van der Waals surface area contributed by atoms with Gasteiger partial charge in [-0.3, -0.25) is 25.8 Å². The highest BCUT2D eigenvalue weighted by atomic mass is 35.5. The van der Waals surface area contributed by atoms with E-state index in [9.17, 15) is 19.7 Å². The van der Waals surface area contributed by atoms with E-state index in [1.165, 1.54) is 18.2 Å². The number of anilines is 3. The van der Waals surface area contributed by atoms with Crippen molar-refractivity contribution in [2.45, 2.75) is 6.92 Å². The van der Waals surface area contributed by atoms with E-state index in [-0.39, 0.29) is 40.1 Å². The number of hydrogen-bond donors (Lipinski definition) is 3. The maximum Gasteiger partial charge on any atom is 0.355 e. The van der Waals surface area contributed by atoms with Gasteiger partial charge in [-0.2, -0.15) is 0 Å². The molecule has 1 aromatic heterocycles. The predicted octanol–water partition coefficient (Wildman–Crippen LogP) is 3.72. The Labute approximate surface area is 186 Å². The molecule has 164 valence electrons. The van der Waals surface area contributed by atoms with E-state index >= 15 is 0 Å². The van der Waals surface area contributed by atoms with Gasteiger partial charge in [0, 0.05) is 0 Å². The Morgan fingerprint density at radius 2 is 1.72 bits per heavy atom. The average molecular weight is 457 g/mol. The molecule has 0 atom stereocenters.